The minimum absolute atomic E-state index is 0.0250. The van der Waals surface area contributed by atoms with Crippen LogP contribution in [-0.2, 0) is 32.6 Å². The molecule has 4 aromatic rings. The van der Waals surface area contributed by atoms with Crippen LogP contribution in [-0.4, -0.2) is 51.4 Å². The number of para-hydroxylation sites is 1. The highest BCUT2D eigenvalue weighted by Crippen LogP contribution is 2.28. The minimum atomic E-state index is -4.40. The quantitative estimate of drug-likeness (QED) is 0.198. The topological polar surface area (TPSA) is 96.0 Å². The van der Waals surface area contributed by atoms with Gasteiger partial charge in [0.25, 0.3) is 10.0 Å². The van der Waals surface area contributed by atoms with E-state index in [-0.39, 0.29) is 29.5 Å². The first-order valence-electron chi connectivity index (χ1n) is 14.7. The van der Waals surface area contributed by atoms with E-state index in [1.807, 2.05) is 44.2 Å². The van der Waals surface area contributed by atoms with Crippen molar-refractivity contribution in [3.05, 3.63) is 126 Å². The summed E-state index contributed by atoms with van der Waals surface area (Å²) in [5.74, 6) is -1.30. The van der Waals surface area contributed by atoms with E-state index >= 15 is 4.39 Å². The maximum Gasteiger partial charge on any atom is 0.264 e. The number of halogens is 1. The van der Waals surface area contributed by atoms with Crippen LogP contribution < -0.4 is 14.4 Å². The second kappa shape index (κ2) is 15.3. The van der Waals surface area contributed by atoms with Gasteiger partial charge in [0.2, 0.25) is 11.8 Å². The summed E-state index contributed by atoms with van der Waals surface area (Å²) in [7, 11) is -2.87. The van der Waals surface area contributed by atoms with Crippen molar-refractivity contribution in [3.63, 3.8) is 0 Å². The molecule has 0 heterocycles. The first kappa shape index (κ1) is 33.2. The Hall–Kier alpha value is -4.70. The van der Waals surface area contributed by atoms with Gasteiger partial charge in [-0.25, -0.2) is 12.8 Å². The SMILES string of the molecule is CCCNC(=O)[C@@H](Cc1ccccc1)N(Cc1cccc(OC)c1)C(=O)CN(c1ccccc1F)S(=O)(=O)c1ccc(C)cc1. The summed E-state index contributed by atoms with van der Waals surface area (Å²) in [4.78, 5) is 29.4. The number of sulfonamides is 1. The van der Waals surface area contributed by atoms with Gasteiger partial charge in [-0.05, 0) is 60.9 Å². The van der Waals surface area contributed by atoms with Crippen molar-refractivity contribution in [1.29, 1.82) is 0 Å². The predicted octanol–water partition coefficient (Wildman–Crippen LogP) is 5.50. The zero-order chi connectivity index (χ0) is 32.4. The fourth-order valence-corrected chi connectivity index (χ4v) is 6.31. The molecule has 0 radical (unpaired) electrons. The molecule has 4 aromatic carbocycles. The lowest BCUT2D eigenvalue weighted by Crippen LogP contribution is -2.53. The van der Waals surface area contributed by atoms with E-state index in [1.165, 1.54) is 42.3 Å². The minimum Gasteiger partial charge on any atom is -0.497 e. The van der Waals surface area contributed by atoms with Gasteiger partial charge in [0.15, 0.2) is 0 Å². The van der Waals surface area contributed by atoms with Crippen LogP contribution in [0.5, 0.6) is 5.75 Å². The number of rotatable bonds is 14. The number of carbonyl (C=O) groups excluding carboxylic acids is 2. The molecule has 0 bridgehead atoms. The van der Waals surface area contributed by atoms with E-state index in [9.17, 15) is 18.0 Å². The lowest BCUT2D eigenvalue weighted by atomic mass is 10.0. The fourth-order valence-electron chi connectivity index (χ4n) is 4.89. The molecule has 10 heteroatoms. The average molecular weight is 632 g/mol. The molecule has 45 heavy (non-hydrogen) atoms. The number of nitrogens with one attached hydrogen (secondary N) is 1. The number of methoxy groups -OCH3 is 1. The van der Waals surface area contributed by atoms with Crippen molar-refractivity contribution in [2.24, 2.45) is 0 Å². The molecule has 0 aliphatic rings. The van der Waals surface area contributed by atoms with E-state index in [4.69, 9.17) is 4.74 Å². The zero-order valence-electron chi connectivity index (χ0n) is 25.6. The van der Waals surface area contributed by atoms with Crippen LogP contribution in [0.4, 0.5) is 10.1 Å². The van der Waals surface area contributed by atoms with Gasteiger partial charge in [-0.1, -0.05) is 79.2 Å². The van der Waals surface area contributed by atoms with Gasteiger partial charge in [0.1, 0.15) is 24.2 Å². The maximum atomic E-state index is 15.2. The third kappa shape index (κ3) is 8.48. The summed E-state index contributed by atoms with van der Waals surface area (Å²) >= 11 is 0. The molecule has 1 N–H and O–H groups in total. The summed E-state index contributed by atoms with van der Waals surface area (Å²) in [5, 5.41) is 2.90. The zero-order valence-corrected chi connectivity index (χ0v) is 26.5. The molecule has 4 rings (SSSR count). The summed E-state index contributed by atoms with van der Waals surface area (Å²) in [5.41, 5.74) is 2.05. The number of ether oxygens (including phenoxy) is 1. The van der Waals surface area contributed by atoms with Gasteiger partial charge in [-0.15, -0.1) is 0 Å². The third-order valence-corrected chi connectivity index (χ3v) is 9.09. The van der Waals surface area contributed by atoms with Gasteiger partial charge in [0.05, 0.1) is 17.7 Å². The smallest absolute Gasteiger partial charge is 0.264 e. The number of benzene rings is 4. The molecule has 0 saturated heterocycles. The second-order valence-corrected chi connectivity index (χ2v) is 12.5. The average Bonchev–Trinajstić information content (AvgIpc) is 3.05. The normalized spacial score (nSPS) is 11.8. The van der Waals surface area contributed by atoms with Gasteiger partial charge in [-0.2, -0.15) is 0 Å². The molecule has 0 aliphatic heterocycles. The van der Waals surface area contributed by atoms with Crippen LogP contribution in [0.15, 0.2) is 108 Å². The van der Waals surface area contributed by atoms with Gasteiger partial charge < -0.3 is 15.0 Å². The molecular formula is C35H38FN3O5S. The summed E-state index contributed by atoms with van der Waals surface area (Å²) in [6.07, 6.45) is 0.861. The molecule has 236 valence electrons. The highest BCUT2D eigenvalue weighted by atomic mass is 32.2. The highest BCUT2D eigenvalue weighted by molar-refractivity contribution is 7.92. The maximum absolute atomic E-state index is 15.2. The van der Waals surface area contributed by atoms with Crippen molar-refractivity contribution in [2.45, 2.75) is 44.2 Å². The molecule has 0 saturated carbocycles. The standard InChI is InChI=1S/C35H38FN3O5S/c1-4-21-37-35(41)33(23-27-11-6-5-7-12-27)38(24-28-13-10-14-29(22-28)44-3)34(40)25-39(32-16-9-8-15-31(32)36)45(42,43)30-19-17-26(2)18-20-30/h5-20,22,33H,4,21,23-25H2,1-3H3,(H,37,41)/t33-/m1/s1. The largest absolute Gasteiger partial charge is 0.497 e. The lowest BCUT2D eigenvalue weighted by Gasteiger charge is -2.34. The Morgan fingerprint density at radius 1 is 0.889 bits per heavy atom. The first-order chi connectivity index (χ1) is 21.6. The first-order valence-corrected chi connectivity index (χ1v) is 16.2. The van der Waals surface area contributed by atoms with E-state index < -0.39 is 34.3 Å². The monoisotopic (exact) mass is 631 g/mol. The van der Waals surface area contributed by atoms with Crippen molar-refractivity contribution in [3.8, 4) is 5.75 Å². The van der Waals surface area contributed by atoms with E-state index in [0.717, 1.165) is 21.5 Å². The molecule has 0 spiro atoms. The highest BCUT2D eigenvalue weighted by Gasteiger charge is 2.35. The Kier molecular flexibility index (Phi) is 11.3. The molecule has 8 nitrogen and oxygen atoms in total. The summed E-state index contributed by atoms with van der Waals surface area (Å²) in [6.45, 7) is 3.38. The van der Waals surface area contributed by atoms with Gasteiger partial charge in [-0.3, -0.25) is 13.9 Å². The Labute approximate surface area is 264 Å². The van der Waals surface area contributed by atoms with Crippen LogP contribution >= 0.6 is 0 Å². The van der Waals surface area contributed by atoms with Crippen molar-refractivity contribution in [2.75, 3.05) is 24.5 Å². The predicted molar refractivity (Wildman–Crippen MR) is 173 cm³/mol. The second-order valence-electron chi connectivity index (χ2n) is 10.6. The Bertz CT molecular complexity index is 1700. The van der Waals surface area contributed by atoms with Crippen molar-refractivity contribution in [1.82, 2.24) is 10.2 Å². The van der Waals surface area contributed by atoms with Crippen molar-refractivity contribution < 1.29 is 27.1 Å². The van der Waals surface area contributed by atoms with Crippen LogP contribution in [0.1, 0.15) is 30.0 Å². The van der Waals surface area contributed by atoms with Gasteiger partial charge in [0, 0.05) is 19.5 Å². The molecule has 0 fully saturated rings. The van der Waals surface area contributed by atoms with Crippen molar-refractivity contribution >= 4 is 27.5 Å². The lowest BCUT2D eigenvalue weighted by molar-refractivity contribution is -0.140. The molecule has 0 unspecified atom stereocenters. The molecule has 1 atom stereocenters. The van der Waals surface area contributed by atoms with Crippen LogP contribution in [0.2, 0.25) is 0 Å². The summed E-state index contributed by atoms with van der Waals surface area (Å²) in [6, 6.07) is 26.9. The number of amides is 2. The van der Waals surface area contributed by atoms with Crippen LogP contribution in [0, 0.1) is 12.7 Å². The molecule has 0 aromatic heterocycles. The summed E-state index contributed by atoms with van der Waals surface area (Å²) < 4.78 is 49.4. The third-order valence-electron chi connectivity index (χ3n) is 7.32. The Morgan fingerprint density at radius 2 is 1.56 bits per heavy atom. The Balaban J connectivity index is 1.81. The molecule has 0 aliphatic carbocycles. The van der Waals surface area contributed by atoms with E-state index in [2.05, 4.69) is 5.32 Å². The fraction of sp³-hybridized carbons (Fsp3) is 0.257. The number of hydrogen-bond acceptors (Lipinski definition) is 5. The van der Waals surface area contributed by atoms with E-state index in [0.29, 0.717) is 24.3 Å². The van der Waals surface area contributed by atoms with Crippen LogP contribution in [0.25, 0.3) is 0 Å². The number of carbonyl (C=O) groups is 2. The van der Waals surface area contributed by atoms with Crippen LogP contribution in [0.3, 0.4) is 0 Å². The molecule has 2 amide bonds. The van der Waals surface area contributed by atoms with E-state index in [1.54, 1.807) is 36.4 Å². The number of hydrogen-bond donors (Lipinski definition) is 1. The molecular weight excluding hydrogens is 593 g/mol. The Morgan fingerprint density at radius 3 is 2.22 bits per heavy atom. The number of anilines is 1. The van der Waals surface area contributed by atoms with Gasteiger partial charge >= 0.3 is 0 Å². The number of nitrogens with zero attached hydrogens (tertiary/aromatic N) is 2. The number of aryl methyl sites for hydroxylation is 1.